The number of aromatic nitrogens is 1. The van der Waals surface area contributed by atoms with E-state index in [0.717, 1.165) is 22.9 Å². The van der Waals surface area contributed by atoms with Crippen LogP contribution in [0.5, 0.6) is 5.75 Å². The van der Waals surface area contributed by atoms with E-state index >= 15 is 0 Å². The fraction of sp³-hybridized carbons (Fsp3) is 0.368. The number of hydrogen-bond donors (Lipinski definition) is 1. The minimum atomic E-state index is -3.87. The molecule has 0 aliphatic rings. The van der Waals surface area contributed by atoms with Gasteiger partial charge in [0, 0.05) is 30.9 Å². The highest BCUT2D eigenvalue weighted by molar-refractivity contribution is 7.89. The van der Waals surface area contributed by atoms with Crippen molar-refractivity contribution in [2.24, 2.45) is 0 Å². The molecule has 2 aromatic rings. The van der Waals surface area contributed by atoms with Crippen molar-refractivity contribution in [2.75, 3.05) is 25.0 Å². The van der Waals surface area contributed by atoms with Gasteiger partial charge in [0.1, 0.15) is 17.2 Å². The molecule has 0 atom stereocenters. The van der Waals surface area contributed by atoms with Gasteiger partial charge in [-0.2, -0.15) is 4.31 Å². The summed E-state index contributed by atoms with van der Waals surface area (Å²) in [6.45, 7) is 5.44. The van der Waals surface area contributed by atoms with E-state index in [9.17, 15) is 28.1 Å². The predicted octanol–water partition coefficient (Wildman–Crippen LogP) is 1.82. The first kappa shape index (κ1) is 24.0. The second-order valence-corrected chi connectivity index (χ2v) is 8.25. The number of amides is 1. The molecule has 1 N–H and O–H groups in total. The topological polar surface area (TPSA) is 141 Å². The summed E-state index contributed by atoms with van der Waals surface area (Å²) in [6, 6.07) is 6.24. The molecule has 12 heteroatoms. The zero-order chi connectivity index (χ0) is 23.2. The molecule has 0 aliphatic heterocycles. The van der Waals surface area contributed by atoms with Gasteiger partial charge < -0.3 is 10.1 Å². The molecule has 11 nitrogen and oxygen atoms in total. The summed E-state index contributed by atoms with van der Waals surface area (Å²) < 4.78 is 33.6. The predicted molar refractivity (Wildman–Crippen MR) is 114 cm³/mol. The van der Waals surface area contributed by atoms with Gasteiger partial charge in [-0.05, 0) is 25.1 Å². The third-order valence-electron chi connectivity index (χ3n) is 4.34. The van der Waals surface area contributed by atoms with Crippen LogP contribution >= 0.6 is 0 Å². The summed E-state index contributed by atoms with van der Waals surface area (Å²) in [6.07, 6.45) is 0.969. The largest absolute Gasteiger partial charge is 0.492 e. The summed E-state index contributed by atoms with van der Waals surface area (Å²) in [5.74, 6) is -0.500. The van der Waals surface area contributed by atoms with Gasteiger partial charge in [0.2, 0.25) is 15.9 Å². The van der Waals surface area contributed by atoms with Crippen LogP contribution in [0, 0.1) is 10.1 Å². The van der Waals surface area contributed by atoms with Crippen LogP contribution in [-0.4, -0.2) is 47.8 Å². The zero-order valence-electron chi connectivity index (χ0n) is 17.4. The van der Waals surface area contributed by atoms with Crippen LogP contribution in [0.15, 0.2) is 46.2 Å². The monoisotopic (exact) mass is 452 g/mol. The van der Waals surface area contributed by atoms with Gasteiger partial charge in [0.15, 0.2) is 0 Å². The maximum atomic E-state index is 13.0. The van der Waals surface area contributed by atoms with E-state index in [4.69, 9.17) is 4.74 Å². The van der Waals surface area contributed by atoms with Crippen molar-refractivity contribution in [3.8, 4) is 5.75 Å². The fourth-order valence-electron chi connectivity index (χ4n) is 2.87. The van der Waals surface area contributed by atoms with Crippen molar-refractivity contribution >= 4 is 27.3 Å². The Morgan fingerprint density at radius 3 is 2.45 bits per heavy atom. The molecule has 0 saturated heterocycles. The van der Waals surface area contributed by atoms with Crippen molar-refractivity contribution in [1.82, 2.24) is 8.87 Å². The van der Waals surface area contributed by atoms with E-state index < -0.39 is 33.0 Å². The molecular formula is C19H24N4O7S. The molecular weight excluding hydrogens is 428 g/mol. The number of carbonyl (C=O) groups is 1. The van der Waals surface area contributed by atoms with Gasteiger partial charge >= 0.3 is 0 Å². The number of ether oxygens (including phenoxy) is 1. The Hall–Kier alpha value is -3.25. The lowest BCUT2D eigenvalue weighted by Crippen LogP contribution is -2.31. The standard InChI is InChI=1S/C19H24N4O7S/c1-4-22(5-2)31(28,29)17-11-14(7-9-16(17)30-6-3)20-18(24)13-21-12-15(23(26)27)8-10-19(21)25/h7-12H,4-6,13H2,1-3H3,(H,20,24). The van der Waals surface area contributed by atoms with E-state index in [2.05, 4.69) is 5.32 Å². The molecule has 1 aromatic carbocycles. The van der Waals surface area contributed by atoms with Crippen LogP contribution in [0.2, 0.25) is 0 Å². The van der Waals surface area contributed by atoms with Gasteiger partial charge in [-0.3, -0.25) is 24.3 Å². The summed E-state index contributed by atoms with van der Waals surface area (Å²) >= 11 is 0. The first-order chi connectivity index (χ1) is 14.6. The number of rotatable bonds is 10. The average molecular weight is 452 g/mol. The zero-order valence-corrected chi connectivity index (χ0v) is 18.2. The van der Waals surface area contributed by atoms with Crippen molar-refractivity contribution in [3.05, 3.63) is 57.0 Å². The molecule has 0 unspecified atom stereocenters. The van der Waals surface area contributed by atoms with Gasteiger partial charge in [-0.15, -0.1) is 0 Å². The molecule has 1 aromatic heterocycles. The summed E-state index contributed by atoms with van der Waals surface area (Å²) in [4.78, 5) is 34.4. The second-order valence-electron chi connectivity index (χ2n) is 6.34. The average Bonchev–Trinajstić information content (AvgIpc) is 2.71. The highest BCUT2D eigenvalue weighted by Gasteiger charge is 2.26. The molecule has 0 spiro atoms. The van der Waals surface area contributed by atoms with Crippen LogP contribution in [0.4, 0.5) is 11.4 Å². The molecule has 168 valence electrons. The molecule has 0 saturated carbocycles. The summed E-state index contributed by atoms with van der Waals surface area (Å²) in [5.41, 5.74) is -0.740. The van der Waals surface area contributed by atoms with Crippen LogP contribution < -0.4 is 15.6 Å². The Morgan fingerprint density at radius 1 is 1.19 bits per heavy atom. The van der Waals surface area contributed by atoms with Crippen LogP contribution in [0.3, 0.4) is 0 Å². The van der Waals surface area contributed by atoms with Gasteiger partial charge in [-0.25, -0.2) is 8.42 Å². The summed E-state index contributed by atoms with van der Waals surface area (Å²) in [7, 11) is -3.87. The number of pyridine rings is 1. The molecule has 1 heterocycles. The maximum absolute atomic E-state index is 13.0. The normalized spacial score (nSPS) is 11.4. The SMILES string of the molecule is CCOc1ccc(NC(=O)Cn2cc([N+](=O)[O-])ccc2=O)cc1S(=O)(=O)N(CC)CC. The molecule has 1 amide bonds. The van der Waals surface area contributed by atoms with E-state index in [1.54, 1.807) is 20.8 Å². The van der Waals surface area contributed by atoms with Crippen LogP contribution in [-0.2, 0) is 21.4 Å². The van der Waals surface area contributed by atoms with E-state index in [-0.39, 0.29) is 41.7 Å². The Kier molecular flexibility index (Phi) is 7.89. The third-order valence-corrected chi connectivity index (χ3v) is 6.41. The molecule has 0 fully saturated rings. The molecule has 2 rings (SSSR count). The number of nitro groups is 1. The Morgan fingerprint density at radius 2 is 1.87 bits per heavy atom. The van der Waals surface area contributed by atoms with E-state index in [1.807, 2.05) is 0 Å². The quantitative estimate of drug-likeness (QED) is 0.428. The Balaban J connectivity index is 2.34. The Bertz CT molecular complexity index is 1120. The van der Waals surface area contributed by atoms with Crippen molar-refractivity contribution in [1.29, 1.82) is 0 Å². The minimum Gasteiger partial charge on any atom is -0.492 e. The van der Waals surface area contributed by atoms with Crippen molar-refractivity contribution < 1.29 is 22.9 Å². The number of carbonyl (C=O) groups excluding carboxylic acids is 1. The first-order valence-electron chi connectivity index (χ1n) is 9.55. The maximum Gasteiger partial charge on any atom is 0.285 e. The molecule has 0 radical (unpaired) electrons. The van der Waals surface area contributed by atoms with Crippen LogP contribution in [0.1, 0.15) is 20.8 Å². The van der Waals surface area contributed by atoms with Crippen LogP contribution in [0.25, 0.3) is 0 Å². The number of hydrogen-bond acceptors (Lipinski definition) is 7. The third kappa shape index (κ3) is 5.67. The lowest BCUT2D eigenvalue weighted by molar-refractivity contribution is -0.385. The highest BCUT2D eigenvalue weighted by atomic mass is 32.2. The number of nitrogens with zero attached hydrogens (tertiary/aromatic N) is 3. The first-order valence-corrected chi connectivity index (χ1v) is 11.0. The van der Waals surface area contributed by atoms with Gasteiger partial charge in [-0.1, -0.05) is 13.8 Å². The summed E-state index contributed by atoms with van der Waals surface area (Å²) in [5, 5.41) is 13.4. The number of nitrogens with one attached hydrogen (secondary N) is 1. The molecule has 0 bridgehead atoms. The van der Waals surface area contributed by atoms with E-state index in [1.165, 1.54) is 22.5 Å². The lowest BCUT2D eigenvalue weighted by Gasteiger charge is -2.21. The number of anilines is 1. The van der Waals surface area contributed by atoms with Crippen molar-refractivity contribution in [3.63, 3.8) is 0 Å². The van der Waals surface area contributed by atoms with E-state index in [0.29, 0.717) is 0 Å². The lowest BCUT2D eigenvalue weighted by atomic mass is 10.3. The van der Waals surface area contributed by atoms with Gasteiger partial charge in [0.25, 0.3) is 11.2 Å². The van der Waals surface area contributed by atoms with Crippen molar-refractivity contribution in [2.45, 2.75) is 32.2 Å². The number of sulfonamides is 1. The second kappa shape index (κ2) is 10.2. The van der Waals surface area contributed by atoms with Gasteiger partial charge in [0.05, 0.1) is 17.7 Å². The highest BCUT2D eigenvalue weighted by Crippen LogP contribution is 2.30. The fourth-order valence-corrected chi connectivity index (χ4v) is 4.49. The minimum absolute atomic E-state index is 0.0941. The Labute approximate surface area is 179 Å². The molecule has 31 heavy (non-hydrogen) atoms. The number of benzene rings is 1. The smallest absolute Gasteiger partial charge is 0.285 e. The molecule has 0 aliphatic carbocycles.